The van der Waals surface area contributed by atoms with Crippen molar-refractivity contribution in [2.45, 2.75) is 0 Å². The first kappa shape index (κ1) is 6.10. The predicted molar refractivity (Wildman–Crippen MR) is 45.5 cm³/mol. The zero-order valence-electron chi connectivity index (χ0n) is 5.34. The van der Waals surface area contributed by atoms with Crippen LogP contribution in [0.1, 0.15) is 5.56 Å². The molecule has 0 atom stereocenters. The van der Waals surface area contributed by atoms with Crippen LogP contribution >= 0.6 is 15.9 Å². The lowest BCUT2D eigenvalue weighted by Crippen LogP contribution is -1.84. The summed E-state index contributed by atoms with van der Waals surface area (Å²) in [7, 11) is 0. The van der Waals surface area contributed by atoms with Gasteiger partial charge in [0.2, 0.25) is 0 Å². The van der Waals surface area contributed by atoms with Gasteiger partial charge in [0.05, 0.1) is 12.3 Å². The molecule has 50 valence electrons. The molecule has 1 aromatic rings. The second-order valence-electron chi connectivity index (χ2n) is 2.27. The summed E-state index contributed by atoms with van der Waals surface area (Å²) >= 11 is 3.38. The largest absolute Gasteiger partial charge is 0.281 e. The fraction of sp³-hybridized carbons (Fsp3) is 0.125. The molecule has 0 amide bonds. The molecule has 0 aromatic heterocycles. The molecule has 0 spiro atoms. The third-order valence-corrected chi connectivity index (χ3v) is 2.02. The average Bonchev–Trinajstić information content (AvgIpc) is 2.71. The lowest BCUT2D eigenvalue weighted by atomic mass is 10.2. The van der Waals surface area contributed by atoms with Crippen LogP contribution in [-0.2, 0) is 0 Å². The van der Waals surface area contributed by atoms with E-state index < -0.39 is 0 Å². The van der Waals surface area contributed by atoms with Crippen LogP contribution < -0.4 is 0 Å². The van der Waals surface area contributed by atoms with Gasteiger partial charge in [-0.3, -0.25) is 4.99 Å². The summed E-state index contributed by atoms with van der Waals surface area (Å²) in [5.74, 6) is 0. The summed E-state index contributed by atoms with van der Waals surface area (Å²) in [5, 5.41) is 0. The number of rotatable bonds is 1. The maximum atomic E-state index is 4.10. The highest BCUT2D eigenvalue weighted by Gasteiger charge is 2.10. The number of hydrogen-bond donors (Lipinski definition) is 0. The van der Waals surface area contributed by atoms with Crippen molar-refractivity contribution < 1.29 is 0 Å². The van der Waals surface area contributed by atoms with Crippen molar-refractivity contribution in [3.63, 3.8) is 0 Å². The molecule has 1 aliphatic heterocycles. The van der Waals surface area contributed by atoms with Crippen LogP contribution in [0.5, 0.6) is 0 Å². The van der Waals surface area contributed by atoms with E-state index in [0.29, 0.717) is 0 Å². The third kappa shape index (κ3) is 1.12. The lowest BCUT2D eigenvalue weighted by molar-refractivity contribution is 1.57. The molecule has 2 heteroatoms. The van der Waals surface area contributed by atoms with E-state index in [4.69, 9.17) is 0 Å². The normalized spacial score (nSPS) is 14.7. The molecule has 0 radical (unpaired) electrons. The first-order valence-corrected chi connectivity index (χ1v) is 3.95. The van der Waals surface area contributed by atoms with Crippen LogP contribution in [0.2, 0.25) is 0 Å². The Balaban J connectivity index is 2.37. The van der Waals surface area contributed by atoms with Crippen LogP contribution in [0.15, 0.2) is 33.7 Å². The van der Waals surface area contributed by atoms with Crippen molar-refractivity contribution in [1.82, 2.24) is 0 Å². The molecule has 0 saturated heterocycles. The molecule has 1 nitrogen and oxygen atoms in total. The van der Waals surface area contributed by atoms with E-state index in [0.717, 1.165) is 11.0 Å². The highest BCUT2D eigenvalue weighted by molar-refractivity contribution is 9.10. The van der Waals surface area contributed by atoms with Gasteiger partial charge in [-0.25, -0.2) is 0 Å². The van der Waals surface area contributed by atoms with E-state index in [2.05, 4.69) is 33.1 Å². The molecule has 0 fully saturated rings. The second kappa shape index (κ2) is 2.20. The van der Waals surface area contributed by atoms with Gasteiger partial charge >= 0.3 is 0 Å². The Labute approximate surface area is 67.9 Å². The van der Waals surface area contributed by atoms with Gasteiger partial charge in [-0.2, -0.15) is 0 Å². The number of nitrogens with zero attached hydrogens (tertiary/aromatic N) is 1. The summed E-state index contributed by atoms with van der Waals surface area (Å²) in [5.41, 5.74) is 2.48. The summed E-state index contributed by atoms with van der Waals surface area (Å²) in [6, 6.07) is 8.23. The number of hydrogen-bond acceptors (Lipinski definition) is 1. The van der Waals surface area contributed by atoms with Gasteiger partial charge in [-0.15, -0.1) is 0 Å². The first-order valence-electron chi connectivity index (χ1n) is 3.15. The second-order valence-corrected chi connectivity index (χ2v) is 3.19. The van der Waals surface area contributed by atoms with Crippen LogP contribution in [-0.4, -0.2) is 12.3 Å². The minimum Gasteiger partial charge on any atom is -0.281 e. The summed E-state index contributed by atoms with van der Waals surface area (Å²) in [6.45, 7) is 0.932. The highest BCUT2D eigenvalue weighted by atomic mass is 79.9. The Morgan fingerprint density at radius 2 is 1.80 bits per heavy atom. The Hall–Kier alpha value is -0.630. The summed E-state index contributed by atoms with van der Waals surface area (Å²) < 4.78 is 1.12. The van der Waals surface area contributed by atoms with E-state index in [1.54, 1.807) is 0 Å². The SMILES string of the molecule is Brc1ccc(C2=NC2)cc1. The van der Waals surface area contributed by atoms with Gasteiger partial charge in [0.15, 0.2) is 0 Å². The smallest absolute Gasteiger partial charge is 0.0817 e. The van der Waals surface area contributed by atoms with Gasteiger partial charge in [0.1, 0.15) is 0 Å². The molecular formula is C8H6BrN. The third-order valence-electron chi connectivity index (χ3n) is 1.49. The summed E-state index contributed by atoms with van der Waals surface area (Å²) in [6.07, 6.45) is 0. The van der Waals surface area contributed by atoms with Gasteiger partial charge in [-0.05, 0) is 17.7 Å². The number of aliphatic imine (C=N–C) groups is 1. The van der Waals surface area contributed by atoms with Crippen LogP contribution in [0.4, 0.5) is 0 Å². The Kier molecular flexibility index (Phi) is 1.34. The maximum Gasteiger partial charge on any atom is 0.0817 e. The molecule has 10 heavy (non-hydrogen) atoms. The topological polar surface area (TPSA) is 12.4 Å². The molecule has 0 unspecified atom stereocenters. The van der Waals surface area contributed by atoms with Crippen LogP contribution in [0.25, 0.3) is 0 Å². The zero-order valence-corrected chi connectivity index (χ0v) is 6.93. The molecule has 0 saturated carbocycles. The first-order chi connectivity index (χ1) is 4.86. The zero-order chi connectivity index (χ0) is 6.97. The molecule has 1 aliphatic rings. The van der Waals surface area contributed by atoms with Crippen molar-refractivity contribution >= 4 is 21.6 Å². The molecule has 0 bridgehead atoms. The number of benzene rings is 1. The molecular weight excluding hydrogens is 190 g/mol. The van der Waals surface area contributed by atoms with Crippen LogP contribution in [0, 0.1) is 0 Å². The predicted octanol–water partition coefficient (Wildman–Crippen LogP) is 2.25. The highest BCUT2D eigenvalue weighted by Crippen LogP contribution is 2.14. The molecule has 1 aromatic carbocycles. The minimum atomic E-state index is 0.932. The average molecular weight is 196 g/mol. The molecule has 0 N–H and O–H groups in total. The lowest BCUT2D eigenvalue weighted by Gasteiger charge is -1.90. The standard InChI is InChI=1S/C8H6BrN/c9-7-3-1-6(2-4-7)8-5-10-8/h1-4H,5H2. The van der Waals surface area contributed by atoms with Gasteiger partial charge in [-0.1, -0.05) is 28.1 Å². The Morgan fingerprint density at radius 1 is 1.20 bits per heavy atom. The molecule has 0 aliphatic carbocycles. The molecule has 2 rings (SSSR count). The van der Waals surface area contributed by atoms with E-state index in [9.17, 15) is 0 Å². The molecule has 1 heterocycles. The van der Waals surface area contributed by atoms with E-state index in [-0.39, 0.29) is 0 Å². The summed E-state index contributed by atoms with van der Waals surface area (Å²) in [4.78, 5) is 4.10. The Morgan fingerprint density at radius 3 is 2.30 bits per heavy atom. The fourth-order valence-corrected chi connectivity index (χ4v) is 1.13. The monoisotopic (exact) mass is 195 g/mol. The van der Waals surface area contributed by atoms with Crippen molar-refractivity contribution in [3.05, 3.63) is 34.3 Å². The van der Waals surface area contributed by atoms with E-state index in [1.165, 1.54) is 11.3 Å². The minimum absolute atomic E-state index is 0.932. The Bertz CT molecular complexity index is 274. The van der Waals surface area contributed by atoms with Gasteiger partial charge in [0.25, 0.3) is 0 Å². The van der Waals surface area contributed by atoms with E-state index in [1.807, 2.05) is 12.1 Å². The van der Waals surface area contributed by atoms with Crippen LogP contribution in [0.3, 0.4) is 0 Å². The van der Waals surface area contributed by atoms with Gasteiger partial charge < -0.3 is 0 Å². The maximum absolute atomic E-state index is 4.10. The van der Waals surface area contributed by atoms with Gasteiger partial charge in [0, 0.05) is 4.47 Å². The fourth-order valence-electron chi connectivity index (χ4n) is 0.864. The quantitative estimate of drug-likeness (QED) is 0.653. The van der Waals surface area contributed by atoms with Crippen molar-refractivity contribution in [2.24, 2.45) is 4.99 Å². The van der Waals surface area contributed by atoms with E-state index >= 15 is 0 Å². The van der Waals surface area contributed by atoms with Crippen molar-refractivity contribution in [2.75, 3.05) is 6.54 Å². The van der Waals surface area contributed by atoms with Crippen molar-refractivity contribution in [1.29, 1.82) is 0 Å². The van der Waals surface area contributed by atoms with Crippen molar-refractivity contribution in [3.8, 4) is 0 Å². The number of halogens is 1.